The molecule has 1 heterocycles. The van der Waals surface area contributed by atoms with E-state index in [2.05, 4.69) is 44.0 Å². The van der Waals surface area contributed by atoms with Crippen LogP contribution in [0.5, 0.6) is 0 Å². The first kappa shape index (κ1) is 10.5. The zero-order valence-corrected chi connectivity index (χ0v) is 9.88. The second-order valence-corrected chi connectivity index (χ2v) is 5.09. The number of nitrogens with zero attached hydrogens (tertiary/aromatic N) is 1. The zero-order chi connectivity index (χ0) is 11.1. The normalized spacial score (nSPS) is 18.0. The lowest BCUT2D eigenvalue weighted by Gasteiger charge is -2.21. The minimum Gasteiger partial charge on any atom is -0.373 e. The van der Waals surface area contributed by atoms with Gasteiger partial charge < -0.3 is 10.6 Å². The molecule has 0 saturated heterocycles. The van der Waals surface area contributed by atoms with Gasteiger partial charge in [0.25, 0.3) is 0 Å². The summed E-state index contributed by atoms with van der Waals surface area (Å²) in [5.41, 5.74) is 10.2. The molecule has 0 fully saturated rings. The molecule has 1 aliphatic rings. The third-order valence-electron chi connectivity index (χ3n) is 3.26. The molecule has 2 N–H and O–H groups in total. The SMILES string of the molecule is CN1CC(C)(C)c2c(CCN)cccc21. The van der Waals surface area contributed by atoms with Crippen LogP contribution in [0.15, 0.2) is 18.2 Å². The first-order valence-corrected chi connectivity index (χ1v) is 5.60. The Morgan fingerprint density at radius 2 is 2.13 bits per heavy atom. The Morgan fingerprint density at radius 3 is 2.80 bits per heavy atom. The fourth-order valence-corrected chi connectivity index (χ4v) is 2.81. The van der Waals surface area contributed by atoms with Crippen LogP contribution >= 0.6 is 0 Å². The Kier molecular flexibility index (Phi) is 2.47. The van der Waals surface area contributed by atoms with Crippen LogP contribution in [0.2, 0.25) is 0 Å². The summed E-state index contributed by atoms with van der Waals surface area (Å²) in [4.78, 5) is 2.34. The monoisotopic (exact) mass is 204 g/mol. The van der Waals surface area contributed by atoms with Gasteiger partial charge in [-0.05, 0) is 30.2 Å². The van der Waals surface area contributed by atoms with Crippen LogP contribution in [0.25, 0.3) is 0 Å². The van der Waals surface area contributed by atoms with Gasteiger partial charge in [0.05, 0.1) is 0 Å². The molecular formula is C13H20N2. The van der Waals surface area contributed by atoms with E-state index in [0.717, 1.165) is 19.5 Å². The quantitative estimate of drug-likeness (QED) is 0.797. The fourth-order valence-electron chi connectivity index (χ4n) is 2.81. The lowest BCUT2D eigenvalue weighted by Crippen LogP contribution is -2.25. The molecule has 2 heteroatoms. The molecule has 0 amide bonds. The number of anilines is 1. The van der Waals surface area contributed by atoms with E-state index in [-0.39, 0.29) is 5.41 Å². The summed E-state index contributed by atoms with van der Waals surface area (Å²) in [6.07, 6.45) is 0.987. The van der Waals surface area contributed by atoms with E-state index in [4.69, 9.17) is 5.73 Å². The van der Waals surface area contributed by atoms with E-state index < -0.39 is 0 Å². The van der Waals surface area contributed by atoms with Gasteiger partial charge in [0.2, 0.25) is 0 Å². The molecule has 1 aromatic rings. The molecule has 1 aromatic carbocycles. The van der Waals surface area contributed by atoms with Crippen molar-refractivity contribution in [2.45, 2.75) is 25.7 Å². The molecule has 0 atom stereocenters. The van der Waals surface area contributed by atoms with Crippen molar-refractivity contribution in [1.82, 2.24) is 0 Å². The van der Waals surface area contributed by atoms with Gasteiger partial charge in [0, 0.05) is 24.7 Å². The van der Waals surface area contributed by atoms with Gasteiger partial charge in [-0.2, -0.15) is 0 Å². The minimum absolute atomic E-state index is 0.260. The largest absolute Gasteiger partial charge is 0.373 e. The molecule has 0 aromatic heterocycles. The van der Waals surface area contributed by atoms with Crippen molar-refractivity contribution in [3.05, 3.63) is 29.3 Å². The highest BCUT2D eigenvalue weighted by Gasteiger charge is 2.34. The Balaban J connectivity index is 2.54. The summed E-state index contributed by atoms with van der Waals surface area (Å²) < 4.78 is 0. The minimum atomic E-state index is 0.260. The van der Waals surface area contributed by atoms with Crippen LogP contribution in [-0.2, 0) is 11.8 Å². The van der Waals surface area contributed by atoms with E-state index in [1.807, 2.05) is 0 Å². The van der Waals surface area contributed by atoms with Crippen LogP contribution in [0, 0.1) is 0 Å². The smallest absolute Gasteiger partial charge is 0.0405 e. The first-order valence-electron chi connectivity index (χ1n) is 5.60. The van der Waals surface area contributed by atoms with Crippen LogP contribution in [0.4, 0.5) is 5.69 Å². The van der Waals surface area contributed by atoms with Gasteiger partial charge in [0.15, 0.2) is 0 Å². The van der Waals surface area contributed by atoms with Gasteiger partial charge in [-0.15, -0.1) is 0 Å². The van der Waals surface area contributed by atoms with Crippen molar-refractivity contribution in [3.8, 4) is 0 Å². The first-order chi connectivity index (χ1) is 7.06. The van der Waals surface area contributed by atoms with Crippen molar-refractivity contribution >= 4 is 5.69 Å². The summed E-state index contributed by atoms with van der Waals surface area (Å²) >= 11 is 0. The summed E-state index contributed by atoms with van der Waals surface area (Å²) in [6, 6.07) is 6.57. The predicted octanol–water partition coefficient (Wildman–Crippen LogP) is 1.92. The highest BCUT2D eigenvalue weighted by Crippen LogP contribution is 2.41. The number of nitrogens with two attached hydrogens (primary N) is 1. The van der Waals surface area contributed by atoms with Gasteiger partial charge in [-0.25, -0.2) is 0 Å². The molecule has 0 radical (unpaired) electrons. The number of rotatable bonds is 2. The molecule has 1 aliphatic heterocycles. The van der Waals surface area contributed by atoms with E-state index in [1.165, 1.54) is 16.8 Å². The summed E-state index contributed by atoms with van der Waals surface area (Å²) in [5, 5.41) is 0. The van der Waals surface area contributed by atoms with E-state index in [1.54, 1.807) is 0 Å². The Morgan fingerprint density at radius 1 is 1.40 bits per heavy atom. The van der Waals surface area contributed by atoms with Crippen LogP contribution in [0.3, 0.4) is 0 Å². The number of hydrogen-bond acceptors (Lipinski definition) is 2. The Labute approximate surface area is 92.1 Å². The molecule has 2 nitrogen and oxygen atoms in total. The van der Waals surface area contributed by atoms with E-state index in [0.29, 0.717) is 0 Å². The standard InChI is InChI=1S/C13H20N2/c1-13(2)9-15(3)11-6-4-5-10(7-8-14)12(11)13/h4-6H,7-9,14H2,1-3H3. The summed E-state index contributed by atoms with van der Waals surface area (Å²) in [7, 11) is 2.17. The lowest BCUT2D eigenvalue weighted by molar-refractivity contribution is 0.558. The maximum atomic E-state index is 5.66. The summed E-state index contributed by atoms with van der Waals surface area (Å²) in [5.74, 6) is 0. The number of fused-ring (bicyclic) bond motifs is 1. The Bertz CT molecular complexity index is 369. The van der Waals surface area contributed by atoms with Crippen molar-refractivity contribution in [1.29, 1.82) is 0 Å². The van der Waals surface area contributed by atoms with Crippen molar-refractivity contribution in [2.75, 3.05) is 25.0 Å². The maximum Gasteiger partial charge on any atom is 0.0405 e. The average molecular weight is 204 g/mol. The molecule has 82 valence electrons. The predicted molar refractivity (Wildman–Crippen MR) is 65.5 cm³/mol. The Hall–Kier alpha value is -1.02. The average Bonchev–Trinajstić information content (AvgIpc) is 2.39. The van der Waals surface area contributed by atoms with Crippen LogP contribution in [0.1, 0.15) is 25.0 Å². The lowest BCUT2D eigenvalue weighted by atomic mass is 9.83. The number of likely N-dealkylation sites (N-methyl/N-ethyl adjacent to an activating group) is 1. The fraction of sp³-hybridized carbons (Fsp3) is 0.538. The highest BCUT2D eigenvalue weighted by atomic mass is 15.1. The third-order valence-corrected chi connectivity index (χ3v) is 3.26. The number of benzene rings is 1. The zero-order valence-electron chi connectivity index (χ0n) is 9.88. The molecule has 2 rings (SSSR count). The van der Waals surface area contributed by atoms with E-state index in [9.17, 15) is 0 Å². The topological polar surface area (TPSA) is 29.3 Å². The van der Waals surface area contributed by atoms with Gasteiger partial charge >= 0.3 is 0 Å². The third kappa shape index (κ3) is 1.63. The van der Waals surface area contributed by atoms with Gasteiger partial charge in [-0.3, -0.25) is 0 Å². The number of hydrogen-bond donors (Lipinski definition) is 1. The van der Waals surface area contributed by atoms with Gasteiger partial charge in [0.1, 0.15) is 0 Å². The molecule has 0 spiro atoms. The molecule has 0 aliphatic carbocycles. The molecule has 0 saturated carbocycles. The molecule has 0 unspecified atom stereocenters. The van der Waals surface area contributed by atoms with Crippen molar-refractivity contribution in [3.63, 3.8) is 0 Å². The van der Waals surface area contributed by atoms with Crippen LogP contribution < -0.4 is 10.6 Å². The molecule has 0 bridgehead atoms. The molecular weight excluding hydrogens is 184 g/mol. The highest BCUT2D eigenvalue weighted by molar-refractivity contribution is 5.64. The summed E-state index contributed by atoms with van der Waals surface area (Å²) in [6.45, 7) is 6.46. The van der Waals surface area contributed by atoms with Crippen molar-refractivity contribution < 1.29 is 0 Å². The van der Waals surface area contributed by atoms with Crippen molar-refractivity contribution in [2.24, 2.45) is 5.73 Å². The van der Waals surface area contributed by atoms with Gasteiger partial charge in [-0.1, -0.05) is 26.0 Å². The molecule has 15 heavy (non-hydrogen) atoms. The van der Waals surface area contributed by atoms with E-state index >= 15 is 0 Å². The maximum absolute atomic E-state index is 5.66. The van der Waals surface area contributed by atoms with Crippen LogP contribution in [-0.4, -0.2) is 20.1 Å². The second kappa shape index (κ2) is 3.53. The second-order valence-electron chi connectivity index (χ2n) is 5.09.